The molecular weight excluding hydrogens is 246 g/mol. The summed E-state index contributed by atoms with van der Waals surface area (Å²) in [4.78, 5) is 0. The number of halogens is 1. The summed E-state index contributed by atoms with van der Waals surface area (Å²) in [5.41, 5.74) is 3.37. The first-order valence-corrected chi connectivity index (χ1v) is 6.13. The molecule has 0 amide bonds. The van der Waals surface area contributed by atoms with Gasteiger partial charge in [-0.1, -0.05) is 48.0 Å². The van der Waals surface area contributed by atoms with Crippen LogP contribution in [0.3, 0.4) is 0 Å². The summed E-state index contributed by atoms with van der Waals surface area (Å²) in [6, 6.07) is 12.8. The van der Waals surface area contributed by atoms with Crippen molar-refractivity contribution in [3.8, 4) is 0 Å². The fourth-order valence-corrected chi connectivity index (χ4v) is 1.97. The van der Waals surface area contributed by atoms with Gasteiger partial charge in [0.05, 0.1) is 6.61 Å². The molecule has 2 N–H and O–H groups in total. The summed E-state index contributed by atoms with van der Waals surface area (Å²) in [6.45, 7) is 1.23. The lowest BCUT2D eigenvalue weighted by Crippen LogP contribution is -2.42. The van der Waals surface area contributed by atoms with E-state index in [1.807, 2.05) is 31.2 Å². The lowest BCUT2D eigenvalue weighted by molar-refractivity contribution is 0.282. The number of aliphatic hydroxyl groups is 1. The standard InChI is InChI=1S/C14H14BClO2/c1-10-2-5-13(8-14(10)16)15(18)12-6-3-11(9-17)4-7-12/h2-8,17-18H,9H2,1H3. The second-order valence-corrected chi connectivity index (χ2v) is 4.72. The zero-order valence-corrected chi connectivity index (χ0v) is 10.9. The summed E-state index contributed by atoms with van der Waals surface area (Å²) in [7, 11) is 0. The molecule has 0 saturated heterocycles. The first kappa shape index (κ1) is 13.2. The number of benzene rings is 2. The van der Waals surface area contributed by atoms with Gasteiger partial charge in [-0.15, -0.1) is 0 Å². The molecule has 0 saturated carbocycles. The number of hydrogen-bond acceptors (Lipinski definition) is 2. The quantitative estimate of drug-likeness (QED) is 0.815. The van der Waals surface area contributed by atoms with Crippen molar-refractivity contribution in [2.45, 2.75) is 13.5 Å². The van der Waals surface area contributed by atoms with Crippen molar-refractivity contribution in [3.05, 3.63) is 58.6 Å². The van der Waals surface area contributed by atoms with Crippen LogP contribution in [-0.4, -0.2) is 17.0 Å². The van der Waals surface area contributed by atoms with Crippen LogP contribution < -0.4 is 10.9 Å². The molecule has 0 bridgehead atoms. The zero-order chi connectivity index (χ0) is 13.1. The van der Waals surface area contributed by atoms with Crippen LogP contribution in [-0.2, 0) is 6.61 Å². The highest BCUT2D eigenvalue weighted by Gasteiger charge is 2.17. The summed E-state index contributed by atoms with van der Waals surface area (Å²) in [5, 5.41) is 19.9. The van der Waals surface area contributed by atoms with Crippen molar-refractivity contribution >= 4 is 29.4 Å². The summed E-state index contributed by atoms with van der Waals surface area (Å²) >= 11 is 6.05. The smallest absolute Gasteiger partial charge is 0.359 e. The molecule has 0 heterocycles. The molecule has 18 heavy (non-hydrogen) atoms. The second-order valence-electron chi connectivity index (χ2n) is 4.31. The van der Waals surface area contributed by atoms with E-state index in [2.05, 4.69) is 0 Å². The SMILES string of the molecule is Cc1ccc(B(O)c2ccc(CO)cc2)cc1Cl. The zero-order valence-electron chi connectivity index (χ0n) is 10.1. The summed E-state index contributed by atoms with van der Waals surface area (Å²) < 4.78 is 0. The molecule has 0 aliphatic heterocycles. The molecule has 0 aromatic heterocycles. The molecule has 0 aliphatic carbocycles. The van der Waals surface area contributed by atoms with Gasteiger partial charge in [0, 0.05) is 5.02 Å². The second kappa shape index (κ2) is 5.57. The highest BCUT2D eigenvalue weighted by atomic mass is 35.5. The van der Waals surface area contributed by atoms with E-state index in [1.54, 1.807) is 18.2 Å². The van der Waals surface area contributed by atoms with Crippen molar-refractivity contribution < 1.29 is 10.1 Å². The Morgan fingerprint density at radius 1 is 1.06 bits per heavy atom. The third-order valence-electron chi connectivity index (χ3n) is 2.99. The van der Waals surface area contributed by atoms with Gasteiger partial charge in [-0.05, 0) is 35.0 Å². The molecule has 92 valence electrons. The van der Waals surface area contributed by atoms with Gasteiger partial charge >= 0.3 is 6.92 Å². The fraction of sp³-hybridized carbons (Fsp3) is 0.143. The molecule has 0 fully saturated rings. The van der Waals surface area contributed by atoms with E-state index >= 15 is 0 Å². The van der Waals surface area contributed by atoms with E-state index in [4.69, 9.17) is 16.7 Å². The van der Waals surface area contributed by atoms with Crippen LogP contribution in [0.2, 0.25) is 5.02 Å². The van der Waals surface area contributed by atoms with Gasteiger partial charge in [-0.3, -0.25) is 0 Å². The molecule has 2 nitrogen and oxygen atoms in total. The van der Waals surface area contributed by atoms with E-state index in [0.29, 0.717) is 5.02 Å². The Kier molecular flexibility index (Phi) is 4.07. The van der Waals surface area contributed by atoms with Crippen LogP contribution >= 0.6 is 11.6 Å². The lowest BCUT2D eigenvalue weighted by Gasteiger charge is -2.09. The lowest BCUT2D eigenvalue weighted by atomic mass is 9.56. The minimum Gasteiger partial charge on any atom is -0.443 e. The van der Waals surface area contributed by atoms with Crippen LogP contribution in [0.15, 0.2) is 42.5 Å². The molecule has 0 aliphatic rings. The van der Waals surface area contributed by atoms with E-state index < -0.39 is 6.92 Å². The van der Waals surface area contributed by atoms with E-state index in [9.17, 15) is 5.02 Å². The Morgan fingerprint density at radius 3 is 2.22 bits per heavy atom. The first-order valence-electron chi connectivity index (χ1n) is 5.75. The third kappa shape index (κ3) is 2.75. The number of aryl methyl sites for hydroxylation is 1. The van der Waals surface area contributed by atoms with Gasteiger partial charge in [0.2, 0.25) is 0 Å². The number of hydrogen-bond donors (Lipinski definition) is 2. The normalized spacial score (nSPS) is 10.4. The fourth-order valence-electron chi connectivity index (χ4n) is 1.78. The van der Waals surface area contributed by atoms with Gasteiger partial charge in [-0.2, -0.15) is 0 Å². The monoisotopic (exact) mass is 260 g/mol. The van der Waals surface area contributed by atoms with Crippen molar-refractivity contribution in [1.82, 2.24) is 0 Å². The molecule has 4 heteroatoms. The predicted octanol–water partition coefficient (Wildman–Crippen LogP) is 1.24. The molecule has 0 unspecified atom stereocenters. The predicted molar refractivity (Wildman–Crippen MR) is 75.8 cm³/mol. The van der Waals surface area contributed by atoms with Crippen molar-refractivity contribution in [2.75, 3.05) is 0 Å². The largest absolute Gasteiger partial charge is 0.443 e. The van der Waals surface area contributed by atoms with Crippen LogP contribution in [0.4, 0.5) is 0 Å². The summed E-state index contributed by atoms with van der Waals surface area (Å²) in [5.74, 6) is 0. The van der Waals surface area contributed by atoms with Crippen LogP contribution in [0.25, 0.3) is 0 Å². The molecule has 2 rings (SSSR count). The molecule has 2 aromatic rings. The van der Waals surface area contributed by atoms with E-state index in [-0.39, 0.29) is 6.61 Å². The van der Waals surface area contributed by atoms with Gasteiger partial charge < -0.3 is 10.1 Å². The Bertz CT molecular complexity index is 540. The topological polar surface area (TPSA) is 40.5 Å². The highest BCUT2D eigenvalue weighted by Crippen LogP contribution is 2.12. The third-order valence-corrected chi connectivity index (χ3v) is 3.40. The van der Waals surface area contributed by atoms with E-state index in [1.165, 1.54) is 0 Å². The minimum atomic E-state index is -0.698. The molecule has 0 radical (unpaired) electrons. The molecule has 0 spiro atoms. The average molecular weight is 261 g/mol. The minimum absolute atomic E-state index is 0.00668. The molecule has 2 aromatic carbocycles. The Hall–Kier alpha value is -1.29. The maximum Gasteiger partial charge on any atom is 0.359 e. The molecular formula is C14H14BClO2. The van der Waals surface area contributed by atoms with Crippen LogP contribution in [0.5, 0.6) is 0 Å². The Balaban J connectivity index is 2.28. The van der Waals surface area contributed by atoms with Crippen LogP contribution in [0, 0.1) is 6.92 Å². The van der Waals surface area contributed by atoms with Gasteiger partial charge in [0.25, 0.3) is 0 Å². The van der Waals surface area contributed by atoms with Gasteiger partial charge in [0.1, 0.15) is 0 Å². The maximum absolute atomic E-state index is 10.2. The molecule has 0 atom stereocenters. The number of aliphatic hydroxyl groups excluding tert-OH is 1. The average Bonchev–Trinajstić information content (AvgIpc) is 2.41. The van der Waals surface area contributed by atoms with E-state index in [0.717, 1.165) is 22.1 Å². The highest BCUT2D eigenvalue weighted by molar-refractivity contribution is 6.79. The van der Waals surface area contributed by atoms with Gasteiger partial charge in [0.15, 0.2) is 0 Å². The summed E-state index contributed by atoms with van der Waals surface area (Å²) in [6.07, 6.45) is 0. The van der Waals surface area contributed by atoms with Crippen molar-refractivity contribution in [1.29, 1.82) is 0 Å². The Morgan fingerprint density at radius 2 is 1.67 bits per heavy atom. The van der Waals surface area contributed by atoms with Crippen molar-refractivity contribution in [2.24, 2.45) is 0 Å². The van der Waals surface area contributed by atoms with Gasteiger partial charge in [-0.25, -0.2) is 0 Å². The van der Waals surface area contributed by atoms with Crippen molar-refractivity contribution in [3.63, 3.8) is 0 Å². The first-order chi connectivity index (χ1) is 8.61. The maximum atomic E-state index is 10.2. The van der Waals surface area contributed by atoms with Crippen LogP contribution in [0.1, 0.15) is 11.1 Å². The number of rotatable bonds is 3. The Labute approximate surface area is 112 Å².